The average molecular weight is 321 g/mol. The lowest BCUT2D eigenvalue weighted by atomic mass is 9.92. The lowest BCUT2D eigenvalue weighted by molar-refractivity contribution is 0.0203. The summed E-state index contributed by atoms with van der Waals surface area (Å²) in [7, 11) is 0. The Morgan fingerprint density at radius 1 is 1.26 bits per heavy atom. The Kier molecular flexibility index (Phi) is 4.31. The van der Waals surface area contributed by atoms with Gasteiger partial charge >= 0.3 is 6.09 Å². The van der Waals surface area contributed by atoms with E-state index in [4.69, 9.17) is 10.5 Å². The normalized spacial score (nSPS) is 19.9. The summed E-state index contributed by atoms with van der Waals surface area (Å²) in [5.41, 5.74) is 7.49. The van der Waals surface area contributed by atoms with Crippen LogP contribution in [0.25, 0.3) is 0 Å². The molecule has 0 atom stereocenters. The molecule has 0 aromatic carbocycles. The number of hydrogen-bond donors (Lipinski definition) is 1. The summed E-state index contributed by atoms with van der Waals surface area (Å²) in [6.07, 6.45) is 3.95. The molecule has 1 amide bonds. The van der Waals surface area contributed by atoms with E-state index in [1.165, 1.54) is 18.5 Å². The molecule has 2 N–H and O–H groups in total. The van der Waals surface area contributed by atoms with Gasteiger partial charge in [0, 0.05) is 25.6 Å². The number of hydrogen-bond acceptors (Lipinski definition) is 5. The van der Waals surface area contributed by atoms with Crippen LogP contribution in [0.2, 0.25) is 0 Å². The van der Waals surface area contributed by atoms with Crippen molar-refractivity contribution >= 4 is 6.09 Å². The van der Waals surface area contributed by atoms with Crippen molar-refractivity contribution in [1.29, 1.82) is 0 Å². The molecule has 1 aromatic heterocycles. The number of piperidine rings is 1. The molecule has 7 heteroatoms. The van der Waals surface area contributed by atoms with Gasteiger partial charge in [-0.1, -0.05) is 5.21 Å². The molecule has 23 heavy (non-hydrogen) atoms. The molecule has 1 aliphatic heterocycles. The van der Waals surface area contributed by atoms with Gasteiger partial charge in [0.05, 0.1) is 17.4 Å². The van der Waals surface area contributed by atoms with Crippen LogP contribution in [-0.4, -0.2) is 44.7 Å². The third-order valence-corrected chi connectivity index (χ3v) is 4.42. The van der Waals surface area contributed by atoms with Crippen LogP contribution in [0.15, 0.2) is 0 Å². The van der Waals surface area contributed by atoms with E-state index in [1.807, 2.05) is 20.8 Å². The predicted molar refractivity (Wildman–Crippen MR) is 86.0 cm³/mol. The molecule has 0 radical (unpaired) electrons. The van der Waals surface area contributed by atoms with E-state index in [-0.39, 0.29) is 6.09 Å². The number of nitrogens with zero attached hydrogens (tertiary/aromatic N) is 4. The predicted octanol–water partition coefficient (Wildman–Crippen LogP) is 2.19. The fourth-order valence-corrected chi connectivity index (χ4v) is 3.15. The molecule has 1 saturated heterocycles. The number of carbonyl (C=O) groups excluding carboxylic acids is 1. The van der Waals surface area contributed by atoms with Gasteiger partial charge in [0.1, 0.15) is 5.60 Å². The van der Waals surface area contributed by atoms with Gasteiger partial charge in [0.2, 0.25) is 0 Å². The number of likely N-dealkylation sites (tertiary alicyclic amines) is 1. The van der Waals surface area contributed by atoms with Crippen LogP contribution >= 0.6 is 0 Å². The third kappa shape index (κ3) is 3.65. The van der Waals surface area contributed by atoms with Crippen molar-refractivity contribution in [3.05, 3.63) is 11.4 Å². The standard InChI is InChI=1S/C16H27N5O2/c1-16(2,3)23-15(22)20-8-6-11(7-9-20)14-13(10-17)18-19-21(14)12-4-5-12/h11-12H,4-10,17H2,1-3H3. The summed E-state index contributed by atoms with van der Waals surface area (Å²) in [6.45, 7) is 7.52. The summed E-state index contributed by atoms with van der Waals surface area (Å²) >= 11 is 0. The summed E-state index contributed by atoms with van der Waals surface area (Å²) < 4.78 is 7.54. The molecule has 2 fully saturated rings. The Bertz CT molecular complexity index is 566. The van der Waals surface area contributed by atoms with E-state index in [9.17, 15) is 4.79 Å². The number of amides is 1. The molecular weight excluding hydrogens is 294 g/mol. The van der Waals surface area contributed by atoms with Crippen molar-refractivity contribution in [2.45, 2.75) is 70.6 Å². The molecular formula is C16H27N5O2. The summed E-state index contributed by atoms with van der Waals surface area (Å²) in [5, 5.41) is 8.56. The van der Waals surface area contributed by atoms with Crippen molar-refractivity contribution < 1.29 is 9.53 Å². The molecule has 3 rings (SSSR count). The lowest BCUT2D eigenvalue weighted by Gasteiger charge is -2.33. The molecule has 128 valence electrons. The smallest absolute Gasteiger partial charge is 0.410 e. The molecule has 0 unspecified atom stereocenters. The highest BCUT2D eigenvalue weighted by Crippen LogP contribution is 2.39. The van der Waals surface area contributed by atoms with Gasteiger partial charge < -0.3 is 15.4 Å². The van der Waals surface area contributed by atoms with Crippen LogP contribution in [0.3, 0.4) is 0 Å². The maximum Gasteiger partial charge on any atom is 0.410 e. The van der Waals surface area contributed by atoms with Crippen molar-refractivity contribution in [2.75, 3.05) is 13.1 Å². The lowest BCUT2D eigenvalue weighted by Crippen LogP contribution is -2.41. The average Bonchev–Trinajstić information content (AvgIpc) is 3.24. The Labute approximate surface area is 137 Å². The van der Waals surface area contributed by atoms with Crippen LogP contribution in [-0.2, 0) is 11.3 Å². The van der Waals surface area contributed by atoms with Crippen molar-refractivity contribution in [1.82, 2.24) is 19.9 Å². The van der Waals surface area contributed by atoms with Gasteiger partial charge in [0.15, 0.2) is 0 Å². The largest absolute Gasteiger partial charge is 0.444 e. The quantitative estimate of drug-likeness (QED) is 0.922. The van der Waals surface area contributed by atoms with E-state index in [0.29, 0.717) is 31.6 Å². The monoisotopic (exact) mass is 321 g/mol. The van der Waals surface area contributed by atoms with E-state index < -0.39 is 5.60 Å². The van der Waals surface area contributed by atoms with Crippen LogP contribution in [0.5, 0.6) is 0 Å². The number of rotatable bonds is 3. The van der Waals surface area contributed by atoms with Crippen molar-refractivity contribution in [3.8, 4) is 0 Å². The SMILES string of the molecule is CC(C)(C)OC(=O)N1CCC(c2c(CN)nnn2C2CC2)CC1. The molecule has 2 heterocycles. The van der Waals surface area contributed by atoms with Gasteiger partial charge in [-0.15, -0.1) is 5.10 Å². The summed E-state index contributed by atoms with van der Waals surface area (Å²) in [5.74, 6) is 0.378. The maximum atomic E-state index is 12.2. The highest BCUT2D eigenvalue weighted by molar-refractivity contribution is 5.68. The van der Waals surface area contributed by atoms with Gasteiger partial charge in [0.25, 0.3) is 0 Å². The van der Waals surface area contributed by atoms with Gasteiger partial charge in [-0.05, 0) is 46.5 Å². The number of ether oxygens (including phenoxy) is 1. The number of carbonyl (C=O) groups is 1. The molecule has 1 saturated carbocycles. The molecule has 2 aliphatic rings. The first-order chi connectivity index (χ1) is 10.9. The van der Waals surface area contributed by atoms with E-state index >= 15 is 0 Å². The van der Waals surface area contributed by atoms with Gasteiger partial charge in [-0.3, -0.25) is 0 Å². The Morgan fingerprint density at radius 3 is 2.43 bits per heavy atom. The number of nitrogens with two attached hydrogens (primary N) is 1. The fraction of sp³-hybridized carbons (Fsp3) is 0.812. The van der Waals surface area contributed by atoms with Gasteiger partial charge in [-0.2, -0.15) is 0 Å². The Morgan fingerprint density at radius 2 is 1.91 bits per heavy atom. The number of aromatic nitrogens is 3. The van der Waals surface area contributed by atoms with E-state index in [1.54, 1.807) is 4.90 Å². The molecule has 1 aliphatic carbocycles. The van der Waals surface area contributed by atoms with Crippen LogP contribution in [0, 0.1) is 0 Å². The topological polar surface area (TPSA) is 86.3 Å². The summed E-state index contributed by atoms with van der Waals surface area (Å²) in [6, 6.07) is 0.502. The Balaban J connectivity index is 1.65. The fourth-order valence-electron chi connectivity index (χ4n) is 3.15. The van der Waals surface area contributed by atoms with Crippen LogP contribution < -0.4 is 5.73 Å². The van der Waals surface area contributed by atoms with E-state index in [2.05, 4.69) is 15.0 Å². The minimum Gasteiger partial charge on any atom is -0.444 e. The van der Waals surface area contributed by atoms with Crippen LogP contribution in [0.4, 0.5) is 4.79 Å². The molecule has 1 aromatic rings. The second-order valence-electron chi connectivity index (χ2n) is 7.54. The first-order valence-electron chi connectivity index (χ1n) is 8.51. The van der Waals surface area contributed by atoms with Gasteiger partial charge in [-0.25, -0.2) is 9.48 Å². The second kappa shape index (κ2) is 6.11. The zero-order valence-electron chi connectivity index (χ0n) is 14.3. The highest BCUT2D eigenvalue weighted by atomic mass is 16.6. The minimum absolute atomic E-state index is 0.219. The first-order valence-corrected chi connectivity index (χ1v) is 8.51. The zero-order valence-corrected chi connectivity index (χ0v) is 14.3. The minimum atomic E-state index is -0.449. The third-order valence-electron chi connectivity index (χ3n) is 4.42. The maximum absolute atomic E-state index is 12.2. The second-order valence-corrected chi connectivity index (χ2v) is 7.54. The van der Waals surface area contributed by atoms with Crippen molar-refractivity contribution in [2.24, 2.45) is 5.73 Å². The van der Waals surface area contributed by atoms with Crippen LogP contribution in [0.1, 0.15) is 69.8 Å². The first kappa shape index (κ1) is 16.2. The zero-order chi connectivity index (χ0) is 16.6. The summed E-state index contributed by atoms with van der Waals surface area (Å²) in [4.78, 5) is 14.0. The molecule has 7 nitrogen and oxygen atoms in total. The molecule has 0 bridgehead atoms. The molecule has 0 spiro atoms. The Hall–Kier alpha value is -1.63. The highest BCUT2D eigenvalue weighted by Gasteiger charge is 2.34. The van der Waals surface area contributed by atoms with E-state index in [0.717, 1.165) is 18.5 Å². The van der Waals surface area contributed by atoms with Crippen molar-refractivity contribution in [3.63, 3.8) is 0 Å².